The highest BCUT2D eigenvalue weighted by Crippen LogP contribution is 2.06. The van der Waals surface area contributed by atoms with Crippen molar-refractivity contribution in [3.8, 4) is 0 Å². The van der Waals surface area contributed by atoms with Crippen molar-refractivity contribution in [2.75, 3.05) is 13.1 Å². The smallest absolute Gasteiger partial charge is 0.247 e. The highest BCUT2D eigenvalue weighted by Gasteiger charge is 2.13. The molecule has 0 spiro atoms. The van der Waals surface area contributed by atoms with E-state index in [1.54, 1.807) is 18.2 Å². The molecule has 0 bridgehead atoms. The van der Waals surface area contributed by atoms with E-state index < -0.39 is 0 Å². The van der Waals surface area contributed by atoms with Crippen molar-refractivity contribution in [3.05, 3.63) is 77.1 Å². The number of nitrogens with zero attached hydrogens (tertiary/aromatic N) is 1. The zero-order valence-corrected chi connectivity index (χ0v) is 15.0. The van der Waals surface area contributed by atoms with Crippen molar-refractivity contribution in [3.63, 3.8) is 0 Å². The SMILES string of the molecule is CCN(CC(=O)NCc1ccc(F)cc1)C(=O)/C=C/c1cccc(C)c1. The average molecular weight is 354 g/mol. The molecule has 0 saturated heterocycles. The quantitative estimate of drug-likeness (QED) is 0.776. The second-order valence-electron chi connectivity index (χ2n) is 6.00. The lowest BCUT2D eigenvalue weighted by molar-refractivity contribution is -0.132. The van der Waals surface area contributed by atoms with Crippen LogP contribution in [0.3, 0.4) is 0 Å². The predicted octanol–water partition coefficient (Wildman–Crippen LogP) is 3.31. The van der Waals surface area contributed by atoms with Gasteiger partial charge in [0.25, 0.3) is 0 Å². The van der Waals surface area contributed by atoms with Crippen molar-refractivity contribution in [2.24, 2.45) is 0 Å². The summed E-state index contributed by atoms with van der Waals surface area (Å²) in [5, 5.41) is 2.74. The van der Waals surface area contributed by atoms with Gasteiger partial charge in [0.05, 0.1) is 6.54 Å². The number of hydrogen-bond donors (Lipinski definition) is 1. The van der Waals surface area contributed by atoms with Crippen LogP contribution in [-0.2, 0) is 16.1 Å². The lowest BCUT2D eigenvalue weighted by Crippen LogP contribution is -2.39. The molecule has 2 aromatic carbocycles. The molecule has 0 saturated carbocycles. The molecule has 0 atom stereocenters. The highest BCUT2D eigenvalue weighted by molar-refractivity contribution is 5.94. The third-order valence-corrected chi connectivity index (χ3v) is 3.89. The fourth-order valence-electron chi connectivity index (χ4n) is 2.42. The Bertz CT molecular complexity index is 785. The number of carbonyl (C=O) groups is 2. The van der Waals surface area contributed by atoms with E-state index in [1.807, 2.05) is 38.1 Å². The molecular formula is C21H23FN2O2. The number of likely N-dealkylation sites (N-methyl/N-ethyl adjacent to an activating group) is 1. The van der Waals surface area contributed by atoms with E-state index in [9.17, 15) is 14.0 Å². The van der Waals surface area contributed by atoms with Crippen LogP contribution < -0.4 is 5.32 Å². The number of rotatable bonds is 7. The lowest BCUT2D eigenvalue weighted by Gasteiger charge is -2.18. The maximum atomic E-state index is 12.9. The molecule has 0 fully saturated rings. The van der Waals surface area contributed by atoms with Gasteiger partial charge in [-0.25, -0.2) is 4.39 Å². The zero-order chi connectivity index (χ0) is 18.9. The van der Waals surface area contributed by atoms with Gasteiger partial charge in [-0.15, -0.1) is 0 Å². The van der Waals surface area contributed by atoms with E-state index in [-0.39, 0.29) is 24.2 Å². The Hall–Kier alpha value is -2.95. The second kappa shape index (κ2) is 9.51. The van der Waals surface area contributed by atoms with Crippen molar-refractivity contribution in [1.29, 1.82) is 0 Å². The van der Waals surface area contributed by atoms with E-state index in [0.29, 0.717) is 13.1 Å². The van der Waals surface area contributed by atoms with Crippen LogP contribution in [0.15, 0.2) is 54.6 Å². The molecule has 2 aromatic rings. The van der Waals surface area contributed by atoms with Gasteiger partial charge in [0.15, 0.2) is 0 Å². The summed E-state index contributed by atoms with van der Waals surface area (Å²) in [6.45, 7) is 4.52. The molecule has 136 valence electrons. The zero-order valence-electron chi connectivity index (χ0n) is 15.0. The predicted molar refractivity (Wildman–Crippen MR) is 101 cm³/mol. The minimum absolute atomic E-state index is 0.0192. The molecule has 4 nitrogen and oxygen atoms in total. The topological polar surface area (TPSA) is 49.4 Å². The fourth-order valence-corrected chi connectivity index (χ4v) is 2.42. The van der Waals surface area contributed by atoms with Crippen molar-refractivity contribution < 1.29 is 14.0 Å². The third-order valence-electron chi connectivity index (χ3n) is 3.89. The van der Waals surface area contributed by atoms with Crippen LogP contribution in [0.5, 0.6) is 0 Å². The largest absolute Gasteiger partial charge is 0.350 e. The lowest BCUT2D eigenvalue weighted by atomic mass is 10.1. The van der Waals surface area contributed by atoms with Crippen molar-refractivity contribution in [1.82, 2.24) is 10.2 Å². The molecule has 0 aromatic heterocycles. The Balaban J connectivity index is 1.87. The molecule has 0 unspecified atom stereocenters. The van der Waals surface area contributed by atoms with Gasteiger partial charge in [0.1, 0.15) is 5.82 Å². The van der Waals surface area contributed by atoms with Crippen LogP contribution >= 0.6 is 0 Å². The summed E-state index contributed by atoms with van der Waals surface area (Å²) >= 11 is 0. The molecule has 26 heavy (non-hydrogen) atoms. The third kappa shape index (κ3) is 6.16. The first kappa shape index (κ1) is 19.4. The Morgan fingerprint density at radius 3 is 2.54 bits per heavy atom. The van der Waals surface area contributed by atoms with Crippen LogP contribution in [0.4, 0.5) is 4.39 Å². The number of aryl methyl sites for hydroxylation is 1. The Morgan fingerprint density at radius 1 is 1.15 bits per heavy atom. The van der Waals surface area contributed by atoms with Crippen molar-refractivity contribution in [2.45, 2.75) is 20.4 Å². The maximum Gasteiger partial charge on any atom is 0.247 e. The van der Waals surface area contributed by atoms with Crippen LogP contribution in [0, 0.1) is 12.7 Å². The van der Waals surface area contributed by atoms with Crippen LogP contribution in [0.2, 0.25) is 0 Å². The van der Waals surface area contributed by atoms with E-state index in [2.05, 4.69) is 5.32 Å². The average Bonchev–Trinajstić information content (AvgIpc) is 2.63. The Morgan fingerprint density at radius 2 is 1.88 bits per heavy atom. The van der Waals surface area contributed by atoms with Crippen molar-refractivity contribution >= 4 is 17.9 Å². The standard InChI is InChI=1S/C21H23FN2O2/c1-3-24(21(26)12-9-17-6-4-5-16(2)13-17)15-20(25)23-14-18-7-10-19(22)11-8-18/h4-13H,3,14-15H2,1-2H3,(H,23,25)/b12-9+. The van der Waals surface area contributed by atoms with Crippen LogP contribution in [0.1, 0.15) is 23.6 Å². The molecule has 0 radical (unpaired) electrons. The minimum Gasteiger partial charge on any atom is -0.350 e. The Kier molecular flexibility index (Phi) is 7.09. The monoisotopic (exact) mass is 354 g/mol. The summed E-state index contributed by atoms with van der Waals surface area (Å²) in [7, 11) is 0. The first-order valence-corrected chi connectivity index (χ1v) is 8.52. The van der Waals surface area contributed by atoms with Gasteiger partial charge in [0.2, 0.25) is 11.8 Å². The molecule has 1 N–H and O–H groups in total. The molecule has 2 rings (SSSR count). The number of amides is 2. The van der Waals surface area contributed by atoms with Crippen LogP contribution in [0.25, 0.3) is 6.08 Å². The van der Waals surface area contributed by atoms with Gasteiger partial charge in [-0.1, -0.05) is 42.0 Å². The van der Waals surface area contributed by atoms with E-state index in [1.165, 1.54) is 23.1 Å². The molecule has 5 heteroatoms. The summed E-state index contributed by atoms with van der Waals surface area (Å²) in [4.78, 5) is 25.8. The molecule has 2 amide bonds. The maximum absolute atomic E-state index is 12.9. The summed E-state index contributed by atoms with van der Waals surface area (Å²) in [5.74, 6) is -0.789. The van der Waals surface area contributed by atoms with E-state index >= 15 is 0 Å². The fraction of sp³-hybridized carbons (Fsp3) is 0.238. The Labute approximate surface area is 153 Å². The van der Waals surface area contributed by atoms with E-state index in [4.69, 9.17) is 0 Å². The summed E-state index contributed by atoms with van der Waals surface area (Å²) in [6.07, 6.45) is 3.22. The first-order valence-electron chi connectivity index (χ1n) is 8.52. The number of carbonyl (C=O) groups excluding carboxylic acids is 2. The molecule has 0 aliphatic carbocycles. The normalized spacial score (nSPS) is 10.7. The minimum atomic E-state index is -0.316. The second-order valence-corrected chi connectivity index (χ2v) is 6.00. The number of benzene rings is 2. The molecule has 0 aliphatic heterocycles. The number of hydrogen-bond acceptors (Lipinski definition) is 2. The van der Waals surface area contributed by atoms with Gasteiger partial charge < -0.3 is 10.2 Å². The molecule has 0 heterocycles. The van der Waals surface area contributed by atoms with E-state index in [0.717, 1.165) is 16.7 Å². The van der Waals surface area contributed by atoms with Crippen LogP contribution in [-0.4, -0.2) is 29.8 Å². The molecule has 0 aliphatic rings. The van der Waals surface area contributed by atoms with Gasteiger partial charge >= 0.3 is 0 Å². The van der Waals surface area contributed by atoms with Gasteiger partial charge in [-0.2, -0.15) is 0 Å². The highest BCUT2D eigenvalue weighted by atomic mass is 19.1. The van der Waals surface area contributed by atoms with Gasteiger partial charge in [0, 0.05) is 19.2 Å². The summed E-state index contributed by atoms with van der Waals surface area (Å²) in [6, 6.07) is 13.7. The number of halogens is 1. The number of nitrogens with one attached hydrogen (secondary N) is 1. The van der Waals surface area contributed by atoms with Gasteiger partial charge in [-0.05, 0) is 43.2 Å². The molecular weight excluding hydrogens is 331 g/mol. The van der Waals surface area contributed by atoms with Gasteiger partial charge in [-0.3, -0.25) is 9.59 Å². The summed E-state index contributed by atoms with van der Waals surface area (Å²) < 4.78 is 12.9. The first-order chi connectivity index (χ1) is 12.5. The summed E-state index contributed by atoms with van der Waals surface area (Å²) in [5.41, 5.74) is 2.86.